The van der Waals surface area contributed by atoms with Crippen molar-refractivity contribution in [3.05, 3.63) is 46.8 Å². The van der Waals surface area contributed by atoms with Gasteiger partial charge in [0.1, 0.15) is 12.3 Å². The van der Waals surface area contributed by atoms with Crippen molar-refractivity contribution in [2.24, 2.45) is 4.99 Å². The lowest BCUT2D eigenvalue weighted by Crippen LogP contribution is -2.23. The van der Waals surface area contributed by atoms with Crippen molar-refractivity contribution in [3.63, 3.8) is 0 Å². The predicted octanol–water partition coefficient (Wildman–Crippen LogP) is 3.35. The van der Waals surface area contributed by atoms with Crippen LogP contribution in [0.3, 0.4) is 0 Å². The second-order valence-corrected chi connectivity index (χ2v) is 7.72. The minimum Gasteiger partial charge on any atom is -0.494 e. The van der Waals surface area contributed by atoms with E-state index in [1.807, 2.05) is 31.2 Å². The number of carbonyl (C=O) groups excluding carboxylic acids is 2. The van der Waals surface area contributed by atoms with Gasteiger partial charge in [-0.15, -0.1) is 0 Å². The Morgan fingerprint density at radius 1 is 1.00 bits per heavy atom. The van der Waals surface area contributed by atoms with Crippen molar-refractivity contribution in [3.8, 4) is 17.2 Å². The highest BCUT2D eigenvalue weighted by molar-refractivity contribution is 7.16. The van der Waals surface area contributed by atoms with Crippen molar-refractivity contribution in [1.82, 2.24) is 4.57 Å². The normalized spacial score (nSPS) is 11.4. The molecule has 32 heavy (non-hydrogen) atoms. The summed E-state index contributed by atoms with van der Waals surface area (Å²) in [6, 6.07) is 10.9. The first-order valence-electron chi connectivity index (χ1n) is 10.2. The lowest BCUT2D eigenvalue weighted by Gasteiger charge is -2.09. The maximum absolute atomic E-state index is 12.7. The van der Waals surface area contributed by atoms with E-state index in [1.54, 1.807) is 30.7 Å². The molecule has 1 heterocycles. The zero-order chi connectivity index (χ0) is 23.1. The molecule has 0 aliphatic heterocycles. The molecule has 8 nitrogen and oxygen atoms in total. The Balaban J connectivity index is 1.99. The molecule has 0 unspecified atom stereocenters. The van der Waals surface area contributed by atoms with Gasteiger partial charge in [-0.1, -0.05) is 23.5 Å². The molecular weight excluding hydrogens is 432 g/mol. The molecular formula is C23H26N2O6S. The van der Waals surface area contributed by atoms with Gasteiger partial charge in [0.2, 0.25) is 0 Å². The minimum atomic E-state index is -0.414. The second kappa shape index (κ2) is 10.8. The number of amides is 1. The van der Waals surface area contributed by atoms with E-state index in [0.29, 0.717) is 28.4 Å². The number of ether oxygens (including phenoxy) is 4. The fourth-order valence-electron chi connectivity index (χ4n) is 3.16. The topological polar surface area (TPSA) is 88.4 Å². The standard InChI is InChI=1S/C23H26N2O6S/c1-5-30-16-9-7-15(8-10-16)11-21(26)24-23-25(14-22(27)31-6-2)17-12-18(28-3)19(29-4)13-20(17)32-23/h7-10,12-13H,5-6,11,14H2,1-4H3. The Hall–Kier alpha value is -3.33. The molecule has 1 amide bonds. The molecule has 0 fully saturated rings. The van der Waals surface area contributed by atoms with Crippen molar-refractivity contribution in [2.75, 3.05) is 27.4 Å². The summed E-state index contributed by atoms with van der Waals surface area (Å²) in [6.45, 7) is 4.43. The maximum Gasteiger partial charge on any atom is 0.326 e. The lowest BCUT2D eigenvalue weighted by atomic mass is 10.1. The lowest BCUT2D eigenvalue weighted by molar-refractivity contribution is -0.143. The molecule has 9 heteroatoms. The Kier molecular flexibility index (Phi) is 7.88. The molecule has 0 bridgehead atoms. The molecule has 0 aliphatic carbocycles. The van der Waals surface area contributed by atoms with E-state index >= 15 is 0 Å². The van der Waals surface area contributed by atoms with Crippen molar-refractivity contribution < 1.29 is 28.5 Å². The average molecular weight is 459 g/mol. The number of thiazole rings is 1. The van der Waals surface area contributed by atoms with Crippen LogP contribution in [0.5, 0.6) is 17.2 Å². The van der Waals surface area contributed by atoms with E-state index in [9.17, 15) is 9.59 Å². The summed E-state index contributed by atoms with van der Waals surface area (Å²) in [6.07, 6.45) is 0.132. The Labute approximate surface area is 190 Å². The van der Waals surface area contributed by atoms with Crippen LogP contribution in [0.15, 0.2) is 41.4 Å². The summed E-state index contributed by atoms with van der Waals surface area (Å²) in [5, 5.41) is 0. The van der Waals surface area contributed by atoms with E-state index in [-0.39, 0.29) is 25.5 Å². The summed E-state index contributed by atoms with van der Waals surface area (Å²) in [5.74, 6) is 1.08. The van der Waals surface area contributed by atoms with Crippen LogP contribution in [0, 0.1) is 0 Å². The SMILES string of the molecule is CCOC(=O)Cn1c(=NC(=O)Cc2ccc(OCC)cc2)sc2cc(OC)c(OC)cc21. The molecule has 0 N–H and O–H groups in total. The third-order valence-electron chi connectivity index (χ3n) is 4.59. The molecule has 170 valence electrons. The summed E-state index contributed by atoms with van der Waals surface area (Å²) in [5.41, 5.74) is 1.52. The van der Waals surface area contributed by atoms with E-state index in [1.165, 1.54) is 18.4 Å². The molecule has 0 aliphatic rings. The van der Waals surface area contributed by atoms with Gasteiger partial charge in [0.25, 0.3) is 5.91 Å². The Bertz CT molecular complexity index is 1160. The molecule has 0 saturated carbocycles. The zero-order valence-electron chi connectivity index (χ0n) is 18.5. The average Bonchev–Trinajstić information content (AvgIpc) is 3.09. The molecule has 3 aromatic rings. The van der Waals surface area contributed by atoms with Crippen molar-refractivity contribution in [1.29, 1.82) is 0 Å². The number of methoxy groups -OCH3 is 2. The van der Waals surface area contributed by atoms with Gasteiger partial charge < -0.3 is 23.5 Å². The zero-order valence-corrected chi connectivity index (χ0v) is 19.4. The fourth-order valence-corrected chi connectivity index (χ4v) is 4.22. The van der Waals surface area contributed by atoms with Gasteiger partial charge >= 0.3 is 5.97 Å². The number of hydrogen-bond acceptors (Lipinski definition) is 7. The maximum atomic E-state index is 12.7. The first-order chi connectivity index (χ1) is 15.5. The molecule has 3 rings (SSSR count). The molecule has 0 atom stereocenters. The van der Waals surface area contributed by atoms with Crippen LogP contribution in [-0.2, 0) is 27.3 Å². The van der Waals surface area contributed by atoms with E-state index in [0.717, 1.165) is 16.0 Å². The first-order valence-corrected chi connectivity index (χ1v) is 11.0. The molecule has 0 radical (unpaired) electrons. The largest absolute Gasteiger partial charge is 0.494 e. The van der Waals surface area contributed by atoms with Gasteiger partial charge in [0.05, 0.1) is 44.1 Å². The highest BCUT2D eigenvalue weighted by Crippen LogP contribution is 2.33. The molecule has 1 aromatic heterocycles. The van der Waals surface area contributed by atoms with Gasteiger partial charge in [-0.3, -0.25) is 9.59 Å². The van der Waals surface area contributed by atoms with E-state index in [2.05, 4.69) is 4.99 Å². The van der Waals surface area contributed by atoms with Gasteiger partial charge in [0.15, 0.2) is 16.3 Å². The summed E-state index contributed by atoms with van der Waals surface area (Å²) < 4.78 is 23.8. The van der Waals surface area contributed by atoms with Gasteiger partial charge in [-0.05, 0) is 31.5 Å². The quantitative estimate of drug-likeness (QED) is 0.457. The number of esters is 1. The van der Waals surface area contributed by atoms with Crippen molar-refractivity contribution >= 4 is 33.4 Å². The molecule has 2 aromatic carbocycles. The second-order valence-electron chi connectivity index (χ2n) is 6.71. The van der Waals surface area contributed by atoms with Crippen LogP contribution in [0.1, 0.15) is 19.4 Å². The highest BCUT2D eigenvalue weighted by Gasteiger charge is 2.16. The monoisotopic (exact) mass is 458 g/mol. The van der Waals surface area contributed by atoms with Gasteiger partial charge in [-0.2, -0.15) is 4.99 Å². The van der Waals surface area contributed by atoms with Crippen LogP contribution in [0.2, 0.25) is 0 Å². The number of fused-ring (bicyclic) bond motifs is 1. The van der Waals surface area contributed by atoms with Crippen molar-refractivity contribution in [2.45, 2.75) is 26.8 Å². The molecule has 0 spiro atoms. The van der Waals surface area contributed by atoms with Gasteiger partial charge in [-0.25, -0.2) is 0 Å². The van der Waals surface area contributed by atoms with Crippen LogP contribution in [0.25, 0.3) is 10.2 Å². The number of benzene rings is 2. The van der Waals surface area contributed by atoms with Crippen LogP contribution in [-0.4, -0.2) is 43.9 Å². The summed E-state index contributed by atoms with van der Waals surface area (Å²) in [4.78, 5) is 29.6. The number of hydrogen-bond donors (Lipinski definition) is 0. The predicted molar refractivity (Wildman–Crippen MR) is 121 cm³/mol. The smallest absolute Gasteiger partial charge is 0.326 e. The van der Waals surface area contributed by atoms with Crippen LogP contribution >= 0.6 is 11.3 Å². The third-order valence-corrected chi connectivity index (χ3v) is 5.63. The summed E-state index contributed by atoms with van der Waals surface area (Å²) in [7, 11) is 3.09. The molecule has 0 saturated heterocycles. The Morgan fingerprint density at radius 3 is 2.31 bits per heavy atom. The number of carbonyl (C=O) groups is 2. The number of rotatable bonds is 9. The van der Waals surface area contributed by atoms with Crippen LogP contribution < -0.4 is 19.0 Å². The highest BCUT2D eigenvalue weighted by atomic mass is 32.1. The minimum absolute atomic E-state index is 0.0709. The van der Waals surface area contributed by atoms with E-state index in [4.69, 9.17) is 18.9 Å². The van der Waals surface area contributed by atoms with Crippen LogP contribution in [0.4, 0.5) is 0 Å². The third kappa shape index (κ3) is 5.47. The number of nitrogens with zero attached hydrogens (tertiary/aromatic N) is 2. The summed E-state index contributed by atoms with van der Waals surface area (Å²) >= 11 is 1.29. The number of aromatic nitrogens is 1. The fraction of sp³-hybridized carbons (Fsp3) is 0.348. The van der Waals surface area contributed by atoms with E-state index < -0.39 is 5.97 Å². The van der Waals surface area contributed by atoms with Gasteiger partial charge in [0, 0.05) is 12.1 Å². The first kappa shape index (κ1) is 23.3. The Morgan fingerprint density at radius 2 is 1.69 bits per heavy atom.